The number of aromatic nitrogens is 2. The molecule has 3 rings (SSSR count). The number of aryl methyl sites for hydroxylation is 1. The highest BCUT2D eigenvalue weighted by atomic mass is 127. The zero-order valence-corrected chi connectivity index (χ0v) is 20.4. The van der Waals surface area contributed by atoms with Crippen LogP contribution in [0.15, 0.2) is 29.5 Å². The first-order valence-corrected chi connectivity index (χ1v) is 9.44. The molecule has 1 N–H and O–H groups in total. The molecular weight excluding hydrogens is 501 g/mol. The fraction of sp³-hybridized carbons (Fsp3) is 0.500. The number of nitrogens with zero attached hydrogens (tertiary/aromatic N) is 4. The van der Waals surface area contributed by atoms with E-state index in [0.717, 1.165) is 23.6 Å². The molecule has 1 aliphatic heterocycles. The van der Waals surface area contributed by atoms with E-state index in [4.69, 9.17) is 18.9 Å². The van der Waals surface area contributed by atoms with Crippen LogP contribution in [0.1, 0.15) is 17.2 Å². The average Bonchev–Trinajstić information content (AvgIpc) is 3.20. The van der Waals surface area contributed by atoms with E-state index in [-0.39, 0.29) is 30.1 Å². The summed E-state index contributed by atoms with van der Waals surface area (Å²) in [5, 5.41) is 7.66. The lowest BCUT2D eigenvalue weighted by atomic mass is 10.1. The smallest absolute Gasteiger partial charge is 0.203 e. The van der Waals surface area contributed by atoms with Crippen LogP contribution in [0.25, 0.3) is 0 Å². The normalized spacial score (nSPS) is 16.6. The molecule has 1 atom stereocenters. The van der Waals surface area contributed by atoms with Crippen molar-refractivity contribution in [2.75, 3.05) is 48.1 Å². The molecule has 2 aromatic rings. The van der Waals surface area contributed by atoms with Gasteiger partial charge in [0.25, 0.3) is 0 Å². The van der Waals surface area contributed by atoms with Gasteiger partial charge in [0.05, 0.1) is 40.7 Å². The number of nitrogens with one attached hydrogen (secondary N) is 1. The van der Waals surface area contributed by atoms with Crippen molar-refractivity contribution in [3.8, 4) is 17.2 Å². The van der Waals surface area contributed by atoms with Crippen LogP contribution >= 0.6 is 24.0 Å². The number of rotatable bonds is 6. The third-order valence-corrected chi connectivity index (χ3v) is 4.90. The number of morpholine rings is 1. The quantitative estimate of drug-likeness (QED) is 0.348. The summed E-state index contributed by atoms with van der Waals surface area (Å²) in [5.74, 6) is 2.65. The van der Waals surface area contributed by atoms with Crippen molar-refractivity contribution in [3.63, 3.8) is 0 Å². The van der Waals surface area contributed by atoms with Crippen LogP contribution in [0.5, 0.6) is 17.2 Å². The van der Waals surface area contributed by atoms with Gasteiger partial charge in [0.1, 0.15) is 6.10 Å². The first kappa shape index (κ1) is 24.1. The summed E-state index contributed by atoms with van der Waals surface area (Å²) in [4.78, 5) is 6.64. The van der Waals surface area contributed by atoms with Crippen molar-refractivity contribution < 1.29 is 18.9 Å². The van der Waals surface area contributed by atoms with Crippen LogP contribution in [0.2, 0.25) is 0 Å². The molecule has 1 aromatic heterocycles. The van der Waals surface area contributed by atoms with Crippen molar-refractivity contribution in [3.05, 3.63) is 35.7 Å². The Balaban J connectivity index is 0.00000320. The molecule has 30 heavy (non-hydrogen) atoms. The highest BCUT2D eigenvalue weighted by molar-refractivity contribution is 14.0. The highest BCUT2D eigenvalue weighted by Gasteiger charge is 2.25. The number of ether oxygens (including phenoxy) is 4. The summed E-state index contributed by atoms with van der Waals surface area (Å²) < 4.78 is 24.1. The molecule has 0 radical (unpaired) electrons. The van der Waals surface area contributed by atoms with Crippen LogP contribution in [-0.2, 0) is 18.3 Å². The van der Waals surface area contributed by atoms with Crippen molar-refractivity contribution in [2.45, 2.75) is 12.6 Å². The van der Waals surface area contributed by atoms with Crippen molar-refractivity contribution in [1.82, 2.24) is 20.0 Å². The van der Waals surface area contributed by atoms with Crippen molar-refractivity contribution in [2.24, 2.45) is 12.0 Å². The molecule has 1 unspecified atom stereocenters. The minimum Gasteiger partial charge on any atom is -0.493 e. The molecule has 0 amide bonds. The molecule has 1 aliphatic rings. The van der Waals surface area contributed by atoms with Crippen molar-refractivity contribution >= 4 is 29.9 Å². The molecule has 1 aromatic carbocycles. The van der Waals surface area contributed by atoms with Gasteiger partial charge in [-0.2, -0.15) is 5.10 Å². The zero-order chi connectivity index (χ0) is 20.8. The van der Waals surface area contributed by atoms with Gasteiger partial charge in [-0.15, -0.1) is 24.0 Å². The predicted molar refractivity (Wildman–Crippen MR) is 125 cm³/mol. The second kappa shape index (κ2) is 11.3. The zero-order valence-electron chi connectivity index (χ0n) is 18.0. The molecule has 0 spiro atoms. The van der Waals surface area contributed by atoms with Crippen LogP contribution in [-0.4, -0.2) is 68.7 Å². The fourth-order valence-corrected chi connectivity index (χ4v) is 3.46. The lowest BCUT2D eigenvalue weighted by Crippen LogP contribution is -2.47. The summed E-state index contributed by atoms with van der Waals surface area (Å²) in [6, 6.07) is 3.83. The maximum atomic E-state index is 5.93. The number of methoxy groups -OCH3 is 3. The average molecular weight is 531 g/mol. The third-order valence-electron chi connectivity index (χ3n) is 4.90. The van der Waals surface area contributed by atoms with E-state index in [1.807, 2.05) is 31.6 Å². The Kier molecular flexibility index (Phi) is 9.03. The fourth-order valence-electron chi connectivity index (χ4n) is 3.46. The first-order valence-electron chi connectivity index (χ1n) is 9.44. The van der Waals surface area contributed by atoms with Crippen LogP contribution < -0.4 is 19.5 Å². The molecular formula is C20H30IN5O4. The maximum absolute atomic E-state index is 5.93. The summed E-state index contributed by atoms with van der Waals surface area (Å²) >= 11 is 0. The Labute approximate surface area is 194 Å². The minimum atomic E-state index is -0.0355. The van der Waals surface area contributed by atoms with Gasteiger partial charge < -0.3 is 29.2 Å². The van der Waals surface area contributed by atoms with Crippen molar-refractivity contribution in [1.29, 1.82) is 0 Å². The number of aliphatic imine (C=N–C) groups is 1. The van der Waals surface area contributed by atoms with Gasteiger partial charge in [0.15, 0.2) is 17.5 Å². The van der Waals surface area contributed by atoms with Crippen LogP contribution in [0, 0.1) is 0 Å². The lowest BCUT2D eigenvalue weighted by Gasteiger charge is -2.34. The van der Waals surface area contributed by atoms with Crippen LogP contribution in [0.3, 0.4) is 0 Å². The molecule has 1 saturated heterocycles. The van der Waals surface area contributed by atoms with E-state index < -0.39 is 0 Å². The summed E-state index contributed by atoms with van der Waals surface area (Å²) in [5.41, 5.74) is 2.01. The van der Waals surface area contributed by atoms with Gasteiger partial charge in [-0.25, -0.2) is 0 Å². The number of guanidine groups is 1. The van der Waals surface area contributed by atoms with Gasteiger partial charge in [0.2, 0.25) is 5.75 Å². The van der Waals surface area contributed by atoms with Gasteiger partial charge in [-0.05, 0) is 12.1 Å². The monoisotopic (exact) mass is 531 g/mol. The standard InChI is InChI=1S/C20H29N5O4.HI/c1-21-20(25-8-9-29-17(13-25)15-11-23-24(2)12-15)22-10-14-6-7-16(26-3)19(28-5)18(14)27-4;/h6-7,11-12,17H,8-10,13H2,1-5H3,(H,21,22);1H. The second-order valence-electron chi connectivity index (χ2n) is 6.65. The van der Waals surface area contributed by atoms with Gasteiger partial charge in [0, 0.05) is 44.5 Å². The minimum absolute atomic E-state index is 0. The van der Waals surface area contributed by atoms with E-state index in [0.29, 0.717) is 36.9 Å². The third kappa shape index (κ3) is 5.28. The molecule has 0 aliphatic carbocycles. The molecule has 2 heterocycles. The van der Waals surface area contributed by atoms with Gasteiger partial charge in [-0.3, -0.25) is 9.67 Å². The SMILES string of the molecule is CN=C(NCc1ccc(OC)c(OC)c1OC)N1CCOC(c2cnn(C)c2)C1.I. The van der Waals surface area contributed by atoms with Crippen LogP contribution in [0.4, 0.5) is 0 Å². The van der Waals surface area contributed by atoms with E-state index >= 15 is 0 Å². The molecule has 166 valence electrons. The Morgan fingerprint density at radius 2 is 2.00 bits per heavy atom. The van der Waals surface area contributed by atoms with E-state index in [2.05, 4.69) is 20.3 Å². The number of halogens is 1. The predicted octanol–water partition coefficient (Wildman–Crippen LogP) is 2.21. The second-order valence-corrected chi connectivity index (χ2v) is 6.65. The summed E-state index contributed by atoms with van der Waals surface area (Å²) in [6.45, 7) is 2.62. The topological polar surface area (TPSA) is 82.4 Å². The largest absolute Gasteiger partial charge is 0.493 e. The Hall–Kier alpha value is -2.21. The molecule has 1 fully saturated rings. The molecule has 10 heteroatoms. The van der Waals surface area contributed by atoms with E-state index in [9.17, 15) is 0 Å². The Morgan fingerprint density at radius 1 is 1.23 bits per heavy atom. The van der Waals surface area contributed by atoms with E-state index in [1.165, 1.54) is 0 Å². The number of hydrogen-bond donors (Lipinski definition) is 1. The van der Waals surface area contributed by atoms with Gasteiger partial charge in [-0.1, -0.05) is 0 Å². The molecule has 0 saturated carbocycles. The Bertz CT molecular complexity index is 858. The van der Waals surface area contributed by atoms with E-state index in [1.54, 1.807) is 33.1 Å². The summed E-state index contributed by atoms with van der Waals surface area (Å²) in [6.07, 6.45) is 3.80. The lowest BCUT2D eigenvalue weighted by molar-refractivity contribution is -0.00805. The first-order chi connectivity index (χ1) is 14.1. The van der Waals surface area contributed by atoms with Gasteiger partial charge >= 0.3 is 0 Å². The number of benzene rings is 1. The maximum Gasteiger partial charge on any atom is 0.203 e. The summed E-state index contributed by atoms with van der Waals surface area (Å²) in [7, 11) is 8.51. The Morgan fingerprint density at radius 3 is 2.60 bits per heavy atom. The molecule has 9 nitrogen and oxygen atoms in total. The molecule has 0 bridgehead atoms. The highest BCUT2D eigenvalue weighted by Crippen LogP contribution is 2.39. The number of hydrogen-bond acceptors (Lipinski definition) is 6.